The van der Waals surface area contributed by atoms with E-state index < -0.39 is 0 Å². The molecular formula is C61H68N3OPt-. The van der Waals surface area contributed by atoms with Crippen molar-refractivity contribution in [1.82, 2.24) is 14.5 Å². The van der Waals surface area contributed by atoms with Crippen molar-refractivity contribution in [2.75, 3.05) is 0 Å². The molecule has 8 aromatic rings. The molecule has 0 aliphatic carbocycles. The standard InChI is InChI=1S/C61H68N3O.Pt/c1-37-26-27-62-54-48(37)35-46(61(14,15)16)36-50(54)39-19-17-18-38(28-39)49-31-41(40-29-44(59(8,9)10)33-45(30-40)60(11,12)13)32-52-55(49)63-56(51-34-43(58(5,6)7)22-25-53(51)65)64(52)47-23-20-42(21-24-47)57(2,3)4;/h17-27,29-36,65H,1-16H3;/q-1;. The minimum atomic E-state index is -0.147. The number of phenolic OH excluding ortho intramolecular Hbond substituents is 1. The number of hydrogen-bond acceptors (Lipinski definition) is 3. The summed E-state index contributed by atoms with van der Waals surface area (Å²) in [5.41, 5.74) is 17.6. The van der Waals surface area contributed by atoms with Gasteiger partial charge in [0.1, 0.15) is 11.6 Å². The van der Waals surface area contributed by atoms with Crippen LogP contribution in [-0.2, 0) is 48.1 Å². The van der Waals surface area contributed by atoms with Crippen molar-refractivity contribution in [2.24, 2.45) is 0 Å². The number of aromatic nitrogens is 3. The van der Waals surface area contributed by atoms with Crippen molar-refractivity contribution in [3.8, 4) is 56.2 Å². The summed E-state index contributed by atoms with van der Waals surface area (Å²) in [6.45, 7) is 36.1. The number of imidazole rings is 1. The second-order valence-electron chi connectivity index (χ2n) is 23.5. The minimum absolute atomic E-state index is 0. The fourth-order valence-electron chi connectivity index (χ4n) is 8.75. The molecule has 344 valence electrons. The molecule has 66 heavy (non-hydrogen) atoms. The molecule has 0 saturated heterocycles. The van der Waals surface area contributed by atoms with Crippen molar-refractivity contribution in [2.45, 2.75) is 138 Å². The summed E-state index contributed by atoms with van der Waals surface area (Å²) in [4.78, 5) is 10.6. The second kappa shape index (κ2) is 17.1. The summed E-state index contributed by atoms with van der Waals surface area (Å²) in [7, 11) is 0. The van der Waals surface area contributed by atoms with Crippen LogP contribution in [0, 0.1) is 13.0 Å². The zero-order chi connectivity index (χ0) is 47.2. The molecule has 0 aliphatic rings. The molecule has 2 heterocycles. The molecule has 4 nitrogen and oxygen atoms in total. The summed E-state index contributed by atoms with van der Waals surface area (Å²) in [6, 6.07) is 43.7. The van der Waals surface area contributed by atoms with Gasteiger partial charge in [0.25, 0.3) is 0 Å². The SMILES string of the molecule is Cc1ccnc2c(-c3[c-]c(-c4cc(-c5cc(C(C)(C)C)cc(C(C)(C)C)c5)cc5c4nc(-c4cc(C(C)(C)C)ccc4O)n5-c4ccc(C(C)(C)C)cc4)ccc3)cc(C(C)(C)C)cc12.[Pt]. The number of pyridine rings is 1. The van der Waals surface area contributed by atoms with Gasteiger partial charge in [0.05, 0.1) is 16.6 Å². The predicted octanol–water partition coefficient (Wildman–Crippen LogP) is 16.5. The third-order valence-electron chi connectivity index (χ3n) is 13.2. The summed E-state index contributed by atoms with van der Waals surface area (Å²) >= 11 is 0. The Kier molecular flexibility index (Phi) is 12.6. The van der Waals surface area contributed by atoms with Crippen LogP contribution in [0.3, 0.4) is 0 Å². The molecule has 5 heteroatoms. The van der Waals surface area contributed by atoms with E-state index in [1.54, 1.807) is 0 Å². The van der Waals surface area contributed by atoms with Gasteiger partial charge in [0.15, 0.2) is 0 Å². The maximum Gasteiger partial charge on any atom is 0.148 e. The first-order valence-electron chi connectivity index (χ1n) is 23.3. The molecule has 8 rings (SSSR count). The van der Waals surface area contributed by atoms with Gasteiger partial charge in [-0.3, -0.25) is 9.55 Å². The third kappa shape index (κ3) is 9.46. The molecule has 0 aliphatic heterocycles. The number of phenols is 1. The van der Waals surface area contributed by atoms with E-state index in [0.717, 1.165) is 66.6 Å². The average molecular weight is 1050 g/mol. The Bertz CT molecular complexity index is 3080. The smallest absolute Gasteiger partial charge is 0.148 e. The van der Waals surface area contributed by atoms with Crippen LogP contribution >= 0.6 is 0 Å². The molecule has 6 aromatic carbocycles. The van der Waals surface area contributed by atoms with Gasteiger partial charge in [-0.25, -0.2) is 4.98 Å². The van der Waals surface area contributed by atoms with E-state index in [2.05, 4.69) is 218 Å². The Labute approximate surface area is 409 Å². The van der Waals surface area contributed by atoms with Crippen LogP contribution in [0.25, 0.3) is 72.4 Å². The van der Waals surface area contributed by atoms with Crippen LogP contribution in [0.2, 0.25) is 0 Å². The molecule has 0 fully saturated rings. The maximum atomic E-state index is 11.8. The van der Waals surface area contributed by atoms with E-state index >= 15 is 0 Å². The third-order valence-corrected chi connectivity index (χ3v) is 13.2. The Morgan fingerprint density at radius 3 is 1.55 bits per heavy atom. The van der Waals surface area contributed by atoms with Gasteiger partial charge in [-0.15, -0.1) is 35.4 Å². The monoisotopic (exact) mass is 1050 g/mol. The number of aromatic hydroxyl groups is 1. The Balaban J connectivity index is 0.00000648. The van der Waals surface area contributed by atoms with Gasteiger partial charge in [-0.1, -0.05) is 170 Å². The van der Waals surface area contributed by atoms with E-state index in [0.29, 0.717) is 11.4 Å². The van der Waals surface area contributed by atoms with Crippen molar-refractivity contribution in [1.29, 1.82) is 0 Å². The first-order valence-corrected chi connectivity index (χ1v) is 23.3. The Hall–Kier alpha value is -5.31. The number of rotatable bonds is 5. The molecule has 0 amide bonds. The second-order valence-corrected chi connectivity index (χ2v) is 23.5. The molecular weight excluding hydrogens is 986 g/mol. The van der Waals surface area contributed by atoms with Crippen LogP contribution < -0.4 is 0 Å². The molecule has 0 saturated carbocycles. The van der Waals surface area contributed by atoms with Crippen molar-refractivity contribution in [3.05, 3.63) is 155 Å². The summed E-state index contributed by atoms with van der Waals surface area (Å²) in [6.07, 6.45) is 1.92. The first-order chi connectivity index (χ1) is 30.2. The van der Waals surface area contributed by atoms with E-state index in [1.165, 1.54) is 27.8 Å². The van der Waals surface area contributed by atoms with Gasteiger partial charge >= 0.3 is 0 Å². The number of fused-ring (bicyclic) bond motifs is 2. The molecule has 0 atom stereocenters. The molecule has 0 unspecified atom stereocenters. The van der Waals surface area contributed by atoms with Crippen LogP contribution in [0.5, 0.6) is 5.75 Å². The van der Waals surface area contributed by atoms with Gasteiger partial charge in [-0.05, 0) is 120 Å². The topological polar surface area (TPSA) is 50.9 Å². The predicted molar refractivity (Wildman–Crippen MR) is 277 cm³/mol. The largest absolute Gasteiger partial charge is 0.507 e. The summed E-state index contributed by atoms with van der Waals surface area (Å²) in [5, 5.41) is 13.0. The molecule has 0 bridgehead atoms. The minimum Gasteiger partial charge on any atom is -0.507 e. The normalized spacial score (nSPS) is 12.8. The zero-order valence-electron chi connectivity index (χ0n) is 42.1. The summed E-state index contributed by atoms with van der Waals surface area (Å²) < 4.78 is 2.26. The number of benzene rings is 6. The van der Waals surface area contributed by atoms with Crippen molar-refractivity contribution < 1.29 is 26.2 Å². The van der Waals surface area contributed by atoms with E-state index in [4.69, 9.17) is 9.97 Å². The first kappa shape index (κ1) is 48.6. The molecule has 2 aromatic heterocycles. The molecule has 1 N–H and O–H groups in total. The van der Waals surface area contributed by atoms with E-state index in [1.807, 2.05) is 18.3 Å². The summed E-state index contributed by atoms with van der Waals surface area (Å²) in [5.74, 6) is 0.876. The number of aryl methyl sites for hydroxylation is 1. The van der Waals surface area contributed by atoms with Gasteiger partial charge < -0.3 is 5.11 Å². The fraction of sp³-hybridized carbons (Fsp3) is 0.344. The van der Waals surface area contributed by atoms with Crippen LogP contribution in [0.15, 0.2) is 115 Å². The van der Waals surface area contributed by atoms with Crippen LogP contribution in [0.1, 0.15) is 137 Å². The van der Waals surface area contributed by atoms with E-state index in [-0.39, 0.29) is 53.9 Å². The number of nitrogens with zero attached hydrogens (tertiary/aromatic N) is 3. The maximum absolute atomic E-state index is 11.8. The molecule has 0 radical (unpaired) electrons. The van der Waals surface area contributed by atoms with Crippen molar-refractivity contribution >= 4 is 21.9 Å². The average Bonchev–Trinajstić information content (AvgIpc) is 3.61. The van der Waals surface area contributed by atoms with Crippen LogP contribution in [-0.4, -0.2) is 19.6 Å². The van der Waals surface area contributed by atoms with Crippen molar-refractivity contribution in [3.63, 3.8) is 0 Å². The van der Waals surface area contributed by atoms with Gasteiger partial charge in [-0.2, -0.15) is 0 Å². The van der Waals surface area contributed by atoms with Crippen LogP contribution in [0.4, 0.5) is 0 Å². The Morgan fingerprint density at radius 1 is 0.485 bits per heavy atom. The molecule has 0 spiro atoms. The number of hydrogen-bond donors (Lipinski definition) is 1. The van der Waals surface area contributed by atoms with Gasteiger partial charge in [0, 0.05) is 38.5 Å². The van der Waals surface area contributed by atoms with Gasteiger partial charge in [0.2, 0.25) is 0 Å². The fourth-order valence-corrected chi connectivity index (χ4v) is 8.75. The zero-order valence-corrected chi connectivity index (χ0v) is 44.3. The van der Waals surface area contributed by atoms with E-state index in [9.17, 15) is 5.11 Å². The quantitative estimate of drug-likeness (QED) is 0.175. The Morgan fingerprint density at radius 2 is 0.985 bits per heavy atom.